The Bertz CT molecular complexity index is 300. The van der Waals surface area contributed by atoms with Gasteiger partial charge in [-0.1, -0.05) is 11.1 Å². The van der Waals surface area contributed by atoms with Crippen molar-refractivity contribution in [1.29, 1.82) is 0 Å². The van der Waals surface area contributed by atoms with E-state index < -0.39 is 0 Å². The molecular formula is C7H9BrN4. The van der Waals surface area contributed by atoms with Crippen molar-refractivity contribution >= 4 is 15.9 Å². The SMILES string of the molecule is Cn1nnc(Br)c1C#CCCN. The Morgan fingerprint density at radius 2 is 2.42 bits per heavy atom. The number of aryl methyl sites for hydroxylation is 1. The van der Waals surface area contributed by atoms with E-state index in [9.17, 15) is 0 Å². The van der Waals surface area contributed by atoms with E-state index in [1.165, 1.54) is 0 Å². The first-order valence-electron chi connectivity index (χ1n) is 3.50. The first-order chi connectivity index (χ1) is 5.75. The van der Waals surface area contributed by atoms with E-state index in [1.807, 2.05) is 0 Å². The van der Waals surface area contributed by atoms with Crippen molar-refractivity contribution in [2.24, 2.45) is 12.8 Å². The van der Waals surface area contributed by atoms with Crippen LogP contribution in [0, 0.1) is 11.8 Å². The molecule has 12 heavy (non-hydrogen) atoms. The summed E-state index contributed by atoms with van der Waals surface area (Å²) < 4.78 is 2.29. The predicted octanol–water partition coefficient (Wildman–Crippen LogP) is 0.278. The second-order valence-electron chi connectivity index (χ2n) is 2.19. The van der Waals surface area contributed by atoms with Crippen molar-refractivity contribution in [3.8, 4) is 11.8 Å². The first kappa shape index (κ1) is 9.23. The highest BCUT2D eigenvalue weighted by Gasteiger charge is 2.02. The molecule has 0 atom stereocenters. The molecule has 5 heteroatoms. The molecule has 0 aliphatic heterocycles. The molecule has 64 valence electrons. The normalized spacial score (nSPS) is 9.25. The van der Waals surface area contributed by atoms with Crippen molar-refractivity contribution in [3.05, 3.63) is 10.3 Å². The molecule has 0 aliphatic carbocycles. The van der Waals surface area contributed by atoms with Crippen molar-refractivity contribution < 1.29 is 0 Å². The number of nitrogens with two attached hydrogens (primary N) is 1. The molecule has 0 amide bonds. The third-order valence-electron chi connectivity index (χ3n) is 1.26. The molecule has 1 aromatic rings. The van der Waals surface area contributed by atoms with Crippen LogP contribution in [0.2, 0.25) is 0 Å². The number of halogens is 1. The van der Waals surface area contributed by atoms with Crippen LogP contribution in [0.1, 0.15) is 12.1 Å². The van der Waals surface area contributed by atoms with Crippen LogP contribution in [0.5, 0.6) is 0 Å². The molecular weight excluding hydrogens is 220 g/mol. The van der Waals surface area contributed by atoms with E-state index >= 15 is 0 Å². The van der Waals surface area contributed by atoms with E-state index in [4.69, 9.17) is 5.73 Å². The standard InChI is InChI=1S/C7H9BrN4/c1-12-6(4-2-3-5-9)7(8)10-11-12/h3,5,9H2,1H3. The van der Waals surface area contributed by atoms with Gasteiger partial charge < -0.3 is 5.73 Å². The molecule has 4 nitrogen and oxygen atoms in total. The quantitative estimate of drug-likeness (QED) is 0.703. The van der Waals surface area contributed by atoms with Gasteiger partial charge in [0.05, 0.1) is 0 Å². The molecule has 0 saturated carbocycles. The van der Waals surface area contributed by atoms with Crippen LogP contribution in [-0.4, -0.2) is 21.5 Å². The van der Waals surface area contributed by atoms with Gasteiger partial charge in [0.2, 0.25) is 0 Å². The van der Waals surface area contributed by atoms with Gasteiger partial charge in [0.15, 0.2) is 4.60 Å². The molecule has 0 unspecified atom stereocenters. The van der Waals surface area contributed by atoms with Crippen LogP contribution in [0.3, 0.4) is 0 Å². The number of rotatable bonds is 1. The molecule has 0 fully saturated rings. The summed E-state index contributed by atoms with van der Waals surface area (Å²) in [6, 6.07) is 0. The van der Waals surface area contributed by atoms with Crippen LogP contribution in [0.25, 0.3) is 0 Å². The molecule has 0 aliphatic rings. The minimum atomic E-state index is 0.579. The Balaban J connectivity index is 2.82. The largest absolute Gasteiger partial charge is 0.330 e. The van der Waals surface area contributed by atoms with Crippen LogP contribution >= 0.6 is 15.9 Å². The number of hydrogen-bond donors (Lipinski definition) is 1. The fourth-order valence-electron chi connectivity index (χ4n) is 0.683. The van der Waals surface area contributed by atoms with Crippen molar-refractivity contribution in [2.75, 3.05) is 6.54 Å². The summed E-state index contributed by atoms with van der Waals surface area (Å²) in [5.74, 6) is 5.84. The first-order valence-corrected chi connectivity index (χ1v) is 4.29. The fourth-order valence-corrected chi connectivity index (χ4v) is 1.11. The van der Waals surface area contributed by atoms with Crippen molar-refractivity contribution in [1.82, 2.24) is 15.0 Å². The molecule has 1 heterocycles. The van der Waals surface area contributed by atoms with Crippen molar-refractivity contribution in [3.63, 3.8) is 0 Å². The molecule has 1 aromatic heterocycles. The second-order valence-corrected chi connectivity index (χ2v) is 2.94. The Labute approximate surface area is 79.3 Å². The zero-order valence-electron chi connectivity index (χ0n) is 6.71. The Hall–Kier alpha value is -0.860. The van der Waals surface area contributed by atoms with E-state index in [1.54, 1.807) is 11.7 Å². The Morgan fingerprint density at radius 1 is 1.67 bits per heavy atom. The molecule has 0 aromatic carbocycles. The van der Waals surface area contributed by atoms with Gasteiger partial charge in [-0.05, 0) is 21.9 Å². The lowest BCUT2D eigenvalue weighted by molar-refractivity contribution is 0.708. The van der Waals surface area contributed by atoms with E-state index in [0.717, 1.165) is 5.69 Å². The third kappa shape index (κ3) is 2.06. The molecule has 0 bridgehead atoms. The smallest absolute Gasteiger partial charge is 0.164 e. The molecule has 0 radical (unpaired) electrons. The number of nitrogens with zero attached hydrogens (tertiary/aromatic N) is 3. The van der Waals surface area contributed by atoms with Gasteiger partial charge in [-0.3, -0.25) is 0 Å². The minimum Gasteiger partial charge on any atom is -0.330 e. The minimum absolute atomic E-state index is 0.579. The summed E-state index contributed by atoms with van der Waals surface area (Å²) >= 11 is 3.24. The Morgan fingerprint density at radius 3 is 2.92 bits per heavy atom. The van der Waals surface area contributed by atoms with Crippen LogP contribution in [-0.2, 0) is 7.05 Å². The lowest BCUT2D eigenvalue weighted by Gasteiger charge is -1.88. The summed E-state index contributed by atoms with van der Waals surface area (Å²) in [7, 11) is 1.80. The highest BCUT2D eigenvalue weighted by molar-refractivity contribution is 9.10. The zero-order valence-corrected chi connectivity index (χ0v) is 8.30. The molecule has 2 N–H and O–H groups in total. The average Bonchev–Trinajstić information content (AvgIpc) is 2.35. The van der Waals surface area contributed by atoms with E-state index in [2.05, 4.69) is 38.1 Å². The van der Waals surface area contributed by atoms with Gasteiger partial charge >= 0.3 is 0 Å². The summed E-state index contributed by atoms with van der Waals surface area (Å²) in [6.07, 6.45) is 0.692. The molecule has 0 saturated heterocycles. The van der Waals surface area contributed by atoms with Gasteiger partial charge in [-0.25, -0.2) is 4.68 Å². The maximum atomic E-state index is 5.29. The van der Waals surface area contributed by atoms with Gasteiger partial charge in [-0.15, -0.1) is 5.10 Å². The van der Waals surface area contributed by atoms with Crippen molar-refractivity contribution in [2.45, 2.75) is 6.42 Å². The fraction of sp³-hybridized carbons (Fsp3) is 0.429. The maximum absolute atomic E-state index is 5.29. The highest BCUT2D eigenvalue weighted by Crippen LogP contribution is 2.09. The summed E-state index contributed by atoms with van der Waals surface area (Å²) in [4.78, 5) is 0. The molecule has 0 spiro atoms. The van der Waals surface area contributed by atoms with Gasteiger partial charge in [0.1, 0.15) is 5.69 Å². The summed E-state index contributed by atoms with van der Waals surface area (Å²) in [5, 5.41) is 7.57. The average molecular weight is 229 g/mol. The van der Waals surface area contributed by atoms with Gasteiger partial charge in [0.25, 0.3) is 0 Å². The topological polar surface area (TPSA) is 56.7 Å². The number of hydrogen-bond acceptors (Lipinski definition) is 3. The van der Waals surface area contributed by atoms with Crippen LogP contribution < -0.4 is 5.73 Å². The molecule has 1 rings (SSSR count). The van der Waals surface area contributed by atoms with E-state index in [0.29, 0.717) is 17.6 Å². The lowest BCUT2D eigenvalue weighted by Crippen LogP contribution is -1.97. The highest BCUT2D eigenvalue weighted by atomic mass is 79.9. The zero-order chi connectivity index (χ0) is 8.97. The third-order valence-corrected chi connectivity index (χ3v) is 1.80. The van der Waals surface area contributed by atoms with Crippen LogP contribution in [0.4, 0.5) is 0 Å². The van der Waals surface area contributed by atoms with Gasteiger partial charge in [-0.2, -0.15) is 0 Å². The maximum Gasteiger partial charge on any atom is 0.164 e. The second kappa shape index (κ2) is 4.24. The monoisotopic (exact) mass is 228 g/mol. The lowest BCUT2D eigenvalue weighted by atomic mass is 10.4. The predicted molar refractivity (Wildman–Crippen MR) is 49.3 cm³/mol. The van der Waals surface area contributed by atoms with Crippen LogP contribution in [0.15, 0.2) is 4.60 Å². The van der Waals surface area contributed by atoms with E-state index in [-0.39, 0.29) is 0 Å². The van der Waals surface area contributed by atoms with Gasteiger partial charge in [0, 0.05) is 20.0 Å². The number of aromatic nitrogens is 3. The summed E-state index contributed by atoms with van der Waals surface area (Å²) in [6.45, 7) is 0.579. The Kier molecular flexibility index (Phi) is 3.26. The summed E-state index contributed by atoms with van der Waals surface area (Å²) in [5.41, 5.74) is 6.07.